The molecule has 1 aromatic carbocycles. The Balaban J connectivity index is 1.60. The Morgan fingerprint density at radius 2 is 1.83 bits per heavy atom. The molecule has 0 fully saturated rings. The molecule has 2 N–H and O–H groups in total. The van der Waals surface area contributed by atoms with Gasteiger partial charge in [-0.15, -0.1) is 0 Å². The van der Waals surface area contributed by atoms with Crippen molar-refractivity contribution in [3.05, 3.63) is 83.3 Å². The highest BCUT2D eigenvalue weighted by Crippen LogP contribution is 2.17. The van der Waals surface area contributed by atoms with Crippen LogP contribution in [0.5, 0.6) is 0 Å². The van der Waals surface area contributed by atoms with E-state index >= 15 is 0 Å². The van der Waals surface area contributed by atoms with Crippen LogP contribution in [0.4, 0.5) is 11.5 Å². The lowest BCUT2D eigenvalue weighted by Crippen LogP contribution is -2.13. The van der Waals surface area contributed by atoms with E-state index in [1.54, 1.807) is 48.9 Å². The number of pyridine rings is 2. The van der Waals surface area contributed by atoms with Gasteiger partial charge < -0.3 is 10.6 Å². The monoisotopic (exact) mass is 338 g/mol. The molecule has 6 heteroatoms. The second-order valence-corrected chi connectivity index (χ2v) is 5.48. The first kappa shape index (κ1) is 16.0. The van der Waals surface area contributed by atoms with Gasteiger partial charge in [-0.05, 0) is 42.0 Å². The maximum Gasteiger partial charge on any atom is 0.258 e. The normalized spacial score (nSPS) is 10.2. The molecule has 0 saturated carbocycles. The third-order valence-electron chi connectivity index (χ3n) is 3.37. The highest BCUT2D eigenvalue weighted by molar-refractivity contribution is 6.34. The van der Waals surface area contributed by atoms with Crippen LogP contribution in [-0.2, 0) is 6.54 Å². The number of amides is 1. The fraction of sp³-hybridized carbons (Fsp3) is 0.0556. The van der Waals surface area contributed by atoms with Crippen LogP contribution < -0.4 is 10.6 Å². The molecule has 0 bridgehead atoms. The van der Waals surface area contributed by atoms with Gasteiger partial charge in [0, 0.05) is 18.9 Å². The molecule has 2 aromatic heterocycles. The number of nitrogens with zero attached hydrogens (tertiary/aromatic N) is 2. The summed E-state index contributed by atoms with van der Waals surface area (Å²) in [5, 5.41) is 6.40. The number of nitrogens with one attached hydrogen (secondary N) is 2. The summed E-state index contributed by atoms with van der Waals surface area (Å²) in [4.78, 5) is 20.4. The molecule has 0 aliphatic rings. The van der Waals surface area contributed by atoms with E-state index in [-0.39, 0.29) is 5.91 Å². The SMILES string of the molecule is O=C(Nc1ccc(NCc2ccncc2)cn1)c1ccccc1Cl. The van der Waals surface area contributed by atoms with E-state index in [0.29, 0.717) is 22.9 Å². The molecular formula is C18H15ClN4O. The van der Waals surface area contributed by atoms with Gasteiger partial charge in [0.25, 0.3) is 5.91 Å². The van der Waals surface area contributed by atoms with Crippen molar-refractivity contribution in [2.45, 2.75) is 6.54 Å². The fourth-order valence-electron chi connectivity index (χ4n) is 2.11. The van der Waals surface area contributed by atoms with Gasteiger partial charge in [0.05, 0.1) is 22.5 Å². The molecule has 24 heavy (non-hydrogen) atoms. The minimum atomic E-state index is -0.286. The van der Waals surface area contributed by atoms with E-state index in [0.717, 1.165) is 11.3 Å². The number of anilines is 2. The lowest BCUT2D eigenvalue weighted by atomic mass is 10.2. The second kappa shape index (κ2) is 7.57. The smallest absolute Gasteiger partial charge is 0.258 e. The molecule has 120 valence electrons. The zero-order valence-corrected chi connectivity index (χ0v) is 13.5. The third kappa shape index (κ3) is 4.08. The van der Waals surface area contributed by atoms with Crippen LogP contribution >= 0.6 is 11.6 Å². The highest BCUT2D eigenvalue weighted by Gasteiger charge is 2.10. The molecule has 0 aliphatic carbocycles. The largest absolute Gasteiger partial charge is 0.380 e. The minimum Gasteiger partial charge on any atom is -0.380 e. The maximum atomic E-state index is 12.2. The lowest BCUT2D eigenvalue weighted by molar-refractivity contribution is 0.102. The van der Waals surface area contributed by atoms with E-state index in [1.165, 1.54) is 0 Å². The predicted molar refractivity (Wildman–Crippen MR) is 95.2 cm³/mol. The number of benzene rings is 1. The Bertz CT molecular complexity index is 822. The summed E-state index contributed by atoms with van der Waals surface area (Å²) in [6, 6.07) is 14.4. The molecule has 3 aromatic rings. The Morgan fingerprint density at radius 3 is 2.54 bits per heavy atom. The number of rotatable bonds is 5. The van der Waals surface area contributed by atoms with E-state index in [9.17, 15) is 4.79 Å². The summed E-state index contributed by atoms with van der Waals surface area (Å²) in [7, 11) is 0. The second-order valence-electron chi connectivity index (χ2n) is 5.08. The van der Waals surface area contributed by atoms with Crippen molar-refractivity contribution >= 4 is 29.0 Å². The summed E-state index contributed by atoms with van der Waals surface area (Å²) in [6.45, 7) is 0.676. The van der Waals surface area contributed by atoms with Crippen LogP contribution in [0.1, 0.15) is 15.9 Å². The maximum absolute atomic E-state index is 12.2. The van der Waals surface area contributed by atoms with Crippen molar-refractivity contribution in [2.24, 2.45) is 0 Å². The van der Waals surface area contributed by atoms with Crippen LogP contribution in [0.15, 0.2) is 67.1 Å². The van der Waals surface area contributed by atoms with E-state index in [2.05, 4.69) is 20.6 Å². The molecule has 0 unspecified atom stereocenters. The van der Waals surface area contributed by atoms with E-state index < -0.39 is 0 Å². The summed E-state index contributed by atoms with van der Waals surface area (Å²) in [5.74, 6) is 0.181. The number of aromatic nitrogens is 2. The summed E-state index contributed by atoms with van der Waals surface area (Å²) >= 11 is 6.01. The lowest BCUT2D eigenvalue weighted by Gasteiger charge is -2.08. The van der Waals surface area contributed by atoms with E-state index in [1.807, 2.05) is 18.2 Å². The first-order valence-electron chi connectivity index (χ1n) is 7.37. The van der Waals surface area contributed by atoms with Crippen LogP contribution in [0.3, 0.4) is 0 Å². The molecule has 3 rings (SSSR count). The van der Waals surface area contributed by atoms with Crippen molar-refractivity contribution in [3.63, 3.8) is 0 Å². The van der Waals surface area contributed by atoms with Crippen LogP contribution in [0.25, 0.3) is 0 Å². The van der Waals surface area contributed by atoms with Gasteiger partial charge in [-0.2, -0.15) is 0 Å². The number of carbonyl (C=O) groups is 1. The summed E-state index contributed by atoms with van der Waals surface area (Å²) in [5.41, 5.74) is 2.41. The Labute approximate surface area is 144 Å². The van der Waals surface area contributed by atoms with Crippen molar-refractivity contribution in [2.75, 3.05) is 10.6 Å². The molecule has 0 atom stereocenters. The van der Waals surface area contributed by atoms with Gasteiger partial charge in [0.15, 0.2) is 0 Å². The van der Waals surface area contributed by atoms with Gasteiger partial charge in [-0.3, -0.25) is 9.78 Å². The standard InChI is InChI=1S/C18H15ClN4O/c19-16-4-2-1-3-15(16)18(24)23-17-6-5-14(12-22-17)21-11-13-7-9-20-10-8-13/h1-10,12,21H,11H2,(H,22,23,24). The van der Waals surface area contributed by atoms with Gasteiger partial charge in [0.1, 0.15) is 5.82 Å². The molecular weight excluding hydrogens is 324 g/mol. The van der Waals surface area contributed by atoms with Gasteiger partial charge in [0.2, 0.25) is 0 Å². The van der Waals surface area contributed by atoms with Crippen LogP contribution in [0.2, 0.25) is 5.02 Å². The molecule has 0 saturated heterocycles. The Morgan fingerprint density at radius 1 is 1.04 bits per heavy atom. The quantitative estimate of drug-likeness (QED) is 0.738. The number of halogens is 1. The highest BCUT2D eigenvalue weighted by atomic mass is 35.5. The summed E-state index contributed by atoms with van der Waals surface area (Å²) < 4.78 is 0. The third-order valence-corrected chi connectivity index (χ3v) is 3.70. The zero-order valence-electron chi connectivity index (χ0n) is 12.7. The topological polar surface area (TPSA) is 66.9 Å². The first-order valence-corrected chi connectivity index (χ1v) is 7.75. The van der Waals surface area contributed by atoms with Gasteiger partial charge in [-0.25, -0.2) is 4.98 Å². The zero-order chi connectivity index (χ0) is 16.8. The molecule has 0 radical (unpaired) electrons. The van der Waals surface area contributed by atoms with E-state index in [4.69, 9.17) is 11.6 Å². The average molecular weight is 339 g/mol. The van der Waals surface area contributed by atoms with Crippen LogP contribution in [0, 0.1) is 0 Å². The Kier molecular flexibility index (Phi) is 5.03. The number of hydrogen-bond donors (Lipinski definition) is 2. The van der Waals surface area contributed by atoms with Crippen molar-refractivity contribution in [1.29, 1.82) is 0 Å². The van der Waals surface area contributed by atoms with Gasteiger partial charge in [-0.1, -0.05) is 23.7 Å². The Hall–Kier alpha value is -2.92. The van der Waals surface area contributed by atoms with Crippen molar-refractivity contribution in [1.82, 2.24) is 9.97 Å². The average Bonchev–Trinajstić information content (AvgIpc) is 2.62. The number of carbonyl (C=O) groups excluding carboxylic acids is 1. The van der Waals surface area contributed by atoms with Crippen molar-refractivity contribution in [3.8, 4) is 0 Å². The first-order chi connectivity index (χ1) is 11.7. The molecule has 1 amide bonds. The summed E-state index contributed by atoms with van der Waals surface area (Å²) in [6.07, 6.45) is 5.18. The fourth-order valence-corrected chi connectivity index (χ4v) is 2.33. The molecule has 0 spiro atoms. The molecule has 2 heterocycles. The van der Waals surface area contributed by atoms with Gasteiger partial charge >= 0.3 is 0 Å². The minimum absolute atomic E-state index is 0.286. The van der Waals surface area contributed by atoms with Crippen LogP contribution in [-0.4, -0.2) is 15.9 Å². The van der Waals surface area contributed by atoms with Crippen molar-refractivity contribution < 1.29 is 4.79 Å². The molecule has 5 nitrogen and oxygen atoms in total. The number of hydrogen-bond acceptors (Lipinski definition) is 4. The predicted octanol–water partition coefficient (Wildman–Crippen LogP) is 3.99. The molecule has 0 aliphatic heterocycles.